The number of nitrogens with one attached hydrogen (secondary N) is 2. The Labute approximate surface area is 168 Å². The molecule has 0 saturated heterocycles. The Hall–Kier alpha value is -2.71. The Balaban J connectivity index is 1.63. The van der Waals surface area contributed by atoms with Crippen molar-refractivity contribution in [1.82, 2.24) is 25.0 Å². The van der Waals surface area contributed by atoms with Crippen LogP contribution in [-0.2, 0) is 26.7 Å². The molecule has 0 spiro atoms. The standard InChI is InChI=1S/C20H25N5O2S/c1-13-18(14(2)25(4)23-13)9-21-19(26)17-6-5-16(22-20(17)27)11-24(3)10-15-7-8-28-12-15/h5-8,12H,9-11H2,1-4H3,(H,21,26)(H,22,27). The van der Waals surface area contributed by atoms with Crippen LogP contribution in [0.5, 0.6) is 0 Å². The Bertz CT molecular complexity index is 1020. The number of amides is 1. The van der Waals surface area contributed by atoms with Crippen molar-refractivity contribution in [2.45, 2.75) is 33.5 Å². The van der Waals surface area contributed by atoms with E-state index >= 15 is 0 Å². The van der Waals surface area contributed by atoms with Crippen molar-refractivity contribution in [3.8, 4) is 0 Å². The lowest BCUT2D eigenvalue weighted by molar-refractivity contribution is 0.0949. The molecule has 0 bridgehead atoms. The van der Waals surface area contributed by atoms with Gasteiger partial charge in [0, 0.05) is 43.6 Å². The summed E-state index contributed by atoms with van der Waals surface area (Å²) in [5.74, 6) is -0.387. The topological polar surface area (TPSA) is 83.0 Å². The van der Waals surface area contributed by atoms with Crippen molar-refractivity contribution < 1.29 is 4.79 Å². The van der Waals surface area contributed by atoms with Gasteiger partial charge in [-0.2, -0.15) is 16.4 Å². The number of hydrogen-bond acceptors (Lipinski definition) is 5. The van der Waals surface area contributed by atoms with E-state index in [-0.39, 0.29) is 17.0 Å². The molecule has 148 valence electrons. The van der Waals surface area contributed by atoms with E-state index in [1.165, 1.54) is 5.56 Å². The molecular weight excluding hydrogens is 374 g/mol. The summed E-state index contributed by atoms with van der Waals surface area (Å²) in [5, 5.41) is 11.3. The second kappa shape index (κ2) is 8.53. The van der Waals surface area contributed by atoms with Crippen molar-refractivity contribution in [2.75, 3.05) is 7.05 Å². The first-order valence-electron chi connectivity index (χ1n) is 9.04. The Kier molecular flexibility index (Phi) is 6.11. The molecule has 0 fully saturated rings. The molecule has 2 N–H and O–H groups in total. The number of carbonyl (C=O) groups excluding carboxylic acids is 1. The van der Waals surface area contributed by atoms with E-state index in [4.69, 9.17) is 0 Å². The minimum Gasteiger partial charge on any atom is -0.348 e. The normalized spacial score (nSPS) is 11.2. The molecule has 0 radical (unpaired) electrons. The third-order valence-electron chi connectivity index (χ3n) is 4.77. The smallest absolute Gasteiger partial charge is 0.261 e. The molecule has 7 nitrogen and oxygen atoms in total. The number of pyridine rings is 1. The number of thiophene rings is 1. The van der Waals surface area contributed by atoms with Crippen molar-refractivity contribution in [1.29, 1.82) is 0 Å². The fraction of sp³-hybridized carbons (Fsp3) is 0.350. The highest BCUT2D eigenvalue weighted by Gasteiger charge is 2.14. The lowest BCUT2D eigenvalue weighted by Gasteiger charge is -2.15. The van der Waals surface area contributed by atoms with E-state index in [0.717, 1.165) is 29.2 Å². The summed E-state index contributed by atoms with van der Waals surface area (Å²) in [6, 6.07) is 5.47. The predicted octanol–water partition coefficient (Wildman–Crippen LogP) is 2.35. The van der Waals surface area contributed by atoms with Crippen LogP contribution in [0.3, 0.4) is 0 Å². The highest BCUT2D eigenvalue weighted by Crippen LogP contribution is 2.12. The number of carbonyl (C=O) groups is 1. The van der Waals surface area contributed by atoms with Crippen molar-refractivity contribution in [3.63, 3.8) is 0 Å². The van der Waals surface area contributed by atoms with Gasteiger partial charge >= 0.3 is 0 Å². The summed E-state index contributed by atoms with van der Waals surface area (Å²) >= 11 is 1.67. The number of H-pyrrole nitrogens is 1. The first-order chi connectivity index (χ1) is 13.3. The molecule has 0 aliphatic rings. The summed E-state index contributed by atoms with van der Waals surface area (Å²) in [6.45, 7) is 5.60. The summed E-state index contributed by atoms with van der Waals surface area (Å²) in [5.41, 5.74) is 4.60. The molecule has 0 unspecified atom stereocenters. The summed E-state index contributed by atoms with van der Waals surface area (Å²) < 4.78 is 1.78. The first-order valence-corrected chi connectivity index (χ1v) is 9.98. The van der Waals surface area contributed by atoms with E-state index in [0.29, 0.717) is 13.1 Å². The molecule has 0 aromatic carbocycles. The zero-order chi connectivity index (χ0) is 20.3. The third-order valence-corrected chi connectivity index (χ3v) is 5.50. The molecule has 3 heterocycles. The molecule has 28 heavy (non-hydrogen) atoms. The van der Waals surface area contributed by atoms with Gasteiger partial charge in [-0.25, -0.2) is 0 Å². The van der Waals surface area contributed by atoms with E-state index in [2.05, 4.69) is 31.7 Å². The van der Waals surface area contributed by atoms with Crippen LogP contribution in [0.25, 0.3) is 0 Å². The Morgan fingerprint density at radius 2 is 2.07 bits per heavy atom. The molecule has 3 aromatic heterocycles. The molecule has 0 saturated carbocycles. The van der Waals surface area contributed by atoms with E-state index in [9.17, 15) is 9.59 Å². The number of nitrogens with zero attached hydrogens (tertiary/aromatic N) is 3. The Morgan fingerprint density at radius 3 is 2.68 bits per heavy atom. The van der Waals surface area contributed by atoms with Crippen LogP contribution in [-0.4, -0.2) is 32.6 Å². The average molecular weight is 400 g/mol. The van der Waals surface area contributed by atoms with Crippen molar-refractivity contribution in [2.24, 2.45) is 7.05 Å². The lowest BCUT2D eigenvalue weighted by Crippen LogP contribution is -2.30. The highest BCUT2D eigenvalue weighted by atomic mass is 32.1. The average Bonchev–Trinajstić information content (AvgIpc) is 3.22. The quantitative estimate of drug-likeness (QED) is 0.639. The molecule has 3 rings (SSSR count). The van der Waals surface area contributed by atoms with Crippen LogP contribution >= 0.6 is 11.3 Å². The molecular formula is C20H25N5O2S. The summed E-state index contributed by atoms with van der Waals surface area (Å²) in [6.07, 6.45) is 0. The molecule has 0 aliphatic carbocycles. The molecule has 3 aromatic rings. The summed E-state index contributed by atoms with van der Waals surface area (Å²) in [4.78, 5) is 29.8. The fourth-order valence-corrected chi connectivity index (χ4v) is 3.82. The van der Waals surface area contributed by atoms with Gasteiger partial charge in [0.2, 0.25) is 0 Å². The zero-order valence-corrected chi connectivity index (χ0v) is 17.4. The van der Waals surface area contributed by atoms with Gasteiger partial charge in [0.15, 0.2) is 0 Å². The minimum absolute atomic E-state index is 0.114. The van der Waals surface area contributed by atoms with Gasteiger partial charge in [-0.05, 0) is 55.4 Å². The maximum absolute atomic E-state index is 12.4. The molecule has 8 heteroatoms. The van der Waals surface area contributed by atoms with Crippen LogP contribution < -0.4 is 10.9 Å². The number of rotatable bonds is 7. The number of aromatic nitrogens is 3. The van der Waals surface area contributed by atoms with Gasteiger partial charge in [0.1, 0.15) is 5.56 Å². The number of hydrogen-bond donors (Lipinski definition) is 2. The minimum atomic E-state index is -0.387. The van der Waals surface area contributed by atoms with Crippen molar-refractivity contribution in [3.05, 3.63) is 73.1 Å². The monoisotopic (exact) mass is 399 g/mol. The van der Waals surface area contributed by atoms with E-state index in [1.807, 2.05) is 33.3 Å². The largest absolute Gasteiger partial charge is 0.348 e. The van der Waals surface area contributed by atoms with Crippen LogP contribution in [0.4, 0.5) is 0 Å². The van der Waals surface area contributed by atoms with Crippen LogP contribution in [0.2, 0.25) is 0 Å². The van der Waals surface area contributed by atoms with E-state index < -0.39 is 0 Å². The van der Waals surface area contributed by atoms with Crippen molar-refractivity contribution >= 4 is 17.2 Å². The van der Waals surface area contributed by atoms with Crippen LogP contribution in [0, 0.1) is 13.8 Å². The van der Waals surface area contributed by atoms with E-state index in [1.54, 1.807) is 28.2 Å². The highest BCUT2D eigenvalue weighted by molar-refractivity contribution is 7.07. The third kappa shape index (κ3) is 4.58. The van der Waals surface area contributed by atoms with Gasteiger partial charge in [-0.1, -0.05) is 0 Å². The van der Waals surface area contributed by atoms with Gasteiger partial charge in [0.25, 0.3) is 11.5 Å². The fourth-order valence-electron chi connectivity index (χ4n) is 3.16. The molecule has 0 aliphatic heterocycles. The predicted molar refractivity (Wildman–Crippen MR) is 110 cm³/mol. The molecule has 0 atom stereocenters. The SMILES string of the molecule is Cc1nn(C)c(C)c1CNC(=O)c1ccc(CN(C)Cc2ccsc2)[nH]c1=O. The van der Waals surface area contributed by atoms with Gasteiger partial charge in [0.05, 0.1) is 5.69 Å². The van der Waals surface area contributed by atoms with Crippen LogP contribution in [0.1, 0.15) is 38.6 Å². The first kappa shape index (κ1) is 20.0. The van der Waals surface area contributed by atoms with Gasteiger partial charge in [-0.15, -0.1) is 0 Å². The second-order valence-corrected chi connectivity index (χ2v) is 7.77. The maximum Gasteiger partial charge on any atom is 0.261 e. The molecule has 1 amide bonds. The number of aryl methyl sites for hydroxylation is 2. The van der Waals surface area contributed by atoms with Gasteiger partial charge < -0.3 is 10.3 Å². The number of aromatic amines is 1. The lowest BCUT2D eigenvalue weighted by atomic mass is 10.2. The van der Waals surface area contributed by atoms with Crippen LogP contribution in [0.15, 0.2) is 33.8 Å². The Morgan fingerprint density at radius 1 is 1.29 bits per heavy atom. The van der Waals surface area contributed by atoms with Gasteiger partial charge in [-0.3, -0.25) is 19.2 Å². The second-order valence-electron chi connectivity index (χ2n) is 6.99. The maximum atomic E-state index is 12.4. The zero-order valence-electron chi connectivity index (χ0n) is 16.6. The summed E-state index contributed by atoms with van der Waals surface area (Å²) in [7, 11) is 3.86.